The van der Waals surface area contributed by atoms with Crippen LogP contribution in [0.2, 0.25) is 0 Å². The molecule has 1 radical (unpaired) electrons. The number of aliphatic hydroxyl groups is 1. The summed E-state index contributed by atoms with van der Waals surface area (Å²) in [4.78, 5) is 20.6. The van der Waals surface area contributed by atoms with Gasteiger partial charge in [0.05, 0.1) is 11.3 Å². The molecule has 1 aromatic heterocycles. The van der Waals surface area contributed by atoms with Crippen LogP contribution in [-0.2, 0) is 24.9 Å². The van der Waals surface area contributed by atoms with Gasteiger partial charge in [0.2, 0.25) is 0 Å². The van der Waals surface area contributed by atoms with Crippen LogP contribution in [0.5, 0.6) is 0 Å². The zero-order valence-electron chi connectivity index (χ0n) is 22.4. The number of ketones is 1. The van der Waals surface area contributed by atoms with Crippen LogP contribution in [0.15, 0.2) is 72.8 Å². The van der Waals surface area contributed by atoms with Gasteiger partial charge in [0, 0.05) is 43.7 Å². The molecule has 4 rings (SSSR count). The molecule has 0 bridgehead atoms. The summed E-state index contributed by atoms with van der Waals surface area (Å²) in [7, 11) is 0. The summed E-state index contributed by atoms with van der Waals surface area (Å²) < 4.78 is 0. The molecular formula is C32H37IrN2O2-. The van der Waals surface area contributed by atoms with Gasteiger partial charge in [0.25, 0.3) is 0 Å². The van der Waals surface area contributed by atoms with Crippen LogP contribution in [0.3, 0.4) is 0 Å². The maximum atomic E-state index is 11.7. The van der Waals surface area contributed by atoms with Crippen molar-refractivity contribution in [2.24, 2.45) is 11.8 Å². The third kappa shape index (κ3) is 7.56. The Balaban J connectivity index is 0.000000271. The predicted molar refractivity (Wildman–Crippen MR) is 150 cm³/mol. The summed E-state index contributed by atoms with van der Waals surface area (Å²) >= 11 is 0. The molecule has 0 saturated heterocycles. The van der Waals surface area contributed by atoms with Crippen molar-refractivity contribution in [3.05, 3.63) is 84.4 Å². The first-order chi connectivity index (χ1) is 17.4. The number of aliphatic hydroxyl groups excluding tert-OH is 1. The van der Waals surface area contributed by atoms with Crippen LogP contribution in [0.25, 0.3) is 32.9 Å². The summed E-state index contributed by atoms with van der Waals surface area (Å²) in [6.07, 6.45) is 6.54. The molecule has 0 saturated carbocycles. The van der Waals surface area contributed by atoms with Crippen LogP contribution < -0.4 is 0 Å². The van der Waals surface area contributed by atoms with Crippen molar-refractivity contribution in [3.8, 4) is 11.3 Å². The van der Waals surface area contributed by atoms with Gasteiger partial charge in [-0.15, -0.1) is 29.7 Å². The Morgan fingerprint density at radius 1 is 0.892 bits per heavy atom. The average Bonchev–Trinajstić information content (AvgIpc) is 2.90. The van der Waals surface area contributed by atoms with Crippen molar-refractivity contribution in [3.63, 3.8) is 0 Å². The molecule has 0 fully saturated rings. The number of para-hydroxylation sites is 1. The maximum Gasteiger partial charge on any atom is 0.162 e. The van der Waals surface area contributed by atoms with Crippen molar-refractivity contribution in [1.29, 1.82) is 0 Å². The van der Waals surface area contributed by atoms with E-state index >= 15 is 0 Å². The second kappa shape index (κ2) is 14.8. The fourth-order valence-electron chi connectivity index (χ4n) is 4.48. The normalized spacial score (nSPS) is 11.4. The van der Waals surface area contributed by atoms with E-state index in [1.165, 1.54) is 11.5 Å². The molecule has 4 aromatic rings. The quantitative estimate of drug-likeness (QED) is 0.116. The molecule has 5 heteroatoms. The number of carbonyl (C=O) groups excluding carboxylic acids is 1. The van der Waals surface area contributed by atoms with Crippen molar-refractivity contribution in [2.45, 2.75) is 60.3 Å². The molecule has 0 amide bonds. The minimum atomic E-state index is 0. The third-order valence-electron chi connectivity index (χ3n) is 6.86. The van der Waals surface area contributed by atoms with Crippen molar-refractivity contribution in [2.75, 3.05) is 0 Å². The smallest absolute Gasteiger partial charge is 0.162 e. The molecule has 0 aliphatic rings. The topological polar surface area (TPSA) is 63.1 Å². The van der Waals surface area contributed by atoms with E-state index < -0.39 is 0 Å². The minimum Gasteiger partial charge on any atom is -0.512 e. The van der Waals surface area contributed by atoms with Crippen molar-refractivity contribution in [1.82, 2.24) is 9.97 Å². The summed E-state index contributed by atoms with van der Waals surface area (Å²) in [5.74, 6) is 0.547. The number of hydrogen-bond donors (Lipinski definition) is 1. The molecule has 0 atom stereocenters. The van der Waals surface area contributed by atoms with E-state index in [0.717, 1.165) is 58.8 Å². The summed E-state index contributed by atoms with van der Waals surface area (Å²) in [5, 5.41) is 13.1. The molecule has 37 heavy (non-hydrogen) atoms. The van der Waals surface area contributed by atoms with Crippen LogP contribution in [0, 0.1) is 24.8 Å². The molecule has 4 nitrogen and oxygen atoms in total. The number of fused-ring (bicyclic) bond motifs is 2. The molecule has 197 valence electrons. The SMILES string of the molecule is CCC(CC)C(=O)/C=C(\O)C(CC)CC.Cc1cccc2c(-c3[c-]c4ccccc4cc3)ncnc12.[Ir]. The zero-order valence-corrected chi connectivity index (χ0v) is 24.8. The van der Waals surface area contributed by atoms with E-state index in [1.807, 2.05) is 45.9 Å². The van der Waals surface area contributed by atoms with Gasteiger partial charge in [0.15, 0.2) is 5.78 Å². The molecule has 1 N–H and O–H groups in total. The Kier molecular flexibility index (Phi) is 12.1. The van der Waals surface area contributed by atoms with Crippen molar-refractivity contribution >= 4 is 27.5 Å². The van der Waals surface area contributed by atoms with Gasteiger partial charge in [-0.1, -0.05) is 75.0 Å². The Morgan fingerprint density at radius 2 is 1.57 bits per heavy atom. The summed E-state index contributed by atoms with van der Waals surface area (Å²) in [5.41, 5.74) is 4.11. The number of benzene rings is 3. The molecule has 0 spiro atoms. The first kappa shape index (κ1) is 30.3. The number of aromatic nitrogens is 2. The van der Waals surface area contributed by atoms with Gasteiger partial charge in [-0.3, -0.25) is 9.78 Å². The fourth-order valence-corrected chi connectivity index (χ4v) is 4.48. The Bertz CT molecular complexity index is 1340. The van der Waals surface area contributed by atoms with Crippen LogP contribution in [0.1, 0.15) is 58.9 Å². The molecule has 0 unspecified atom stereocenters. The number of aryl methyl sites for hydroxylation is 1. The largest absolute Gasteiger partial charge is 0.512 e. The second-order valence-electron chi connectivity index (χ2n) is 9.15. The van der Waals surface area contributed by atoms with E-state index in [2.05, 4.69) is 59.4 Å². The van der Waals surface area contributed by atoms with Crippen LogP contribution in [-0.4, -0.2) is 20.9 Å². The Labute approximate surface area is 234 Å². The maximum absolute atomic E-state index is 11.7. The average molecular weight is 674 g/mol. The molecule has 0 aliphatic heterocycles. The van der Waals surface area contributed by atoms with Gasteiger partial charge in [-0.25, -0.2) is 4.98 Å². The molecule has 0 aliphatic carbocycles. The first-order valence-electron chi connectivity index (χ1n) is 13.0. The Hall–Kier alpha value is -2.88. The van der Waals surface area contributed by atoms with E-state index in [4.69, 9.17) is 0 Å². The van der Waals surface area contributed by atoms with E-state index in [0.29, 0.717) is 0 Å². The zero-order chi connectivity index (χ0) is 26.1. The van der Waals surface area contributed by atoms with Gasteiger partial charge >= 0.3 is 0 Å². The number of allylic oxidation sites excluding steroid dienone is 2. The van der Waals surface area contributed by atoms with Gasteiger partial charge in [-0.2, -0.15) is 0 Å². The molecular weight excluding hydrogens is 637 g/mol. The molecule has 3 aromatic carbocycles. The van der Waals surface area contributed by atoms with E-state index in [9.17, 15) is 9.90 Å². The number of hydrogen-bond acceptors (Lipinski definition) is 4. The summed E-state index contributed by atoms with van der Waals surface area (Å²) in [6, 6.07) is 22.1. The molecule has 1 heterocycles. The standard InChI is InChI=1S/C19H13N2.C13H24O2.Ir/c1-13-5-4-8-17-18(13)20-12-21-19(17)16-10-9-14-6-2-3-7-15(14)11-16;1-5-10(6-2)12(14)9-13(15)11(7-3)8-4;/h2-10,12H,1H3;9-11,14H,5-8H2,1-4H3;/q-1;;/b;12-9-;. The third-order valence-corrected chi connectivity index (χ3v) is 6.86. The van der Waals surface area contributed by atoms with E-state index in [-0.39, 0.29) is 43.5 Å². The predicted octanol–water partition coefficient (Wildman–Crippen LogP) is 8.43. The minimum absolute atomic E-state index is 0. The van der Waals surface area contributed by atoms with Gasteiger partial charge in [0.1, 0.15) is 6.33 Å². The van der Waals surface area contributed by atoms with Crippen LogP contribution >= 0.6 is 0 Å². The number of rotatable bonds is 8. The number of nitrogens with zero attached hydrogens (tertiary/aromatic N) is 2. The first-order valence-corrected chi connectivity index (χ1v) is 13.0. The van der Waals surface area contributed by atoms with Gasteiger partial charge in [-0.05, 0) is 43.6 Å². The number of carbonyl (C=O) groups is 1. The van der Waals surface area contributed by atoms with Crippen LogP contribution in [0.4, 0.5) is 0 Å². The van der Waals surface area contributed by atoms with Gasteiger partial charge < -0.3 is 5.11 Å². The summed E-state index contributed by atoms with van der Waals surface area (Å²) in [6.45, 7) is 10.1. The van der Waals surface area contributed by atoms with E-state index in [1.54, 1.807) is 6.33 Å². The Morgan fingerprint density at radius 3 is 2.24 bits per heavy atom. The monoisotopic (exact) mass is 674 g/mol. The van der Waals surface area contributed by atoms with Crippen molar-refractivity contribution < 1.29 is 30.0 Å². The fraction of sp³-hybridized carbons (Fsp3) is 0.344. The second-order valence-corrected chi connectivity index (χ2v) is 9.15.